The van der Waals surface area contributed by atoms with Crippen molar-refractivity contribution in [1.82, 2.24) is 14.9 Å². The fourth-order valence-electron chi connectivity index (χ4n) is 3.42. The lowest BCUT2D eigenvalue weighted by Gasteiger charge is -2.29. The molecule has 0 heterocycles. The Morgan fingerprint density at radius 1 is 1.00 bits per heavy atom. The van der Waals surface area contributed by atoms with E-state index in [0.29, 0.717) is 31.6 Å². The number of hydrogen-bond acceptors (Lipinski definition) is 5. The number of unbranched alkanes of at least 4 members (excludes halogenated alkanes) is 1. The SMILES string of the molecule is CC(C)CN([C@@H](CCCCNC(=O)NCc1ccccc1)C(=O)O)S(=O)(=O)c1ccc(N)cc1. The third-order valence-corrected chi connectivity index (χ3v) is 7.04. The molecule has 0 saturated carbocycles. The van der Waals surface area contributed by atoms with Gasteiger partial charge in [0.05, 0.1) is 4.90 Å². The lowest BCUT2D eigenvalue weighted by molar-refractivity contribution is -0.141. The number of rotatable bonds is 13. The molecule has 1 atom stereocenters. The summed E-state index contributed by atoms with van der Waals surface area (Å²) >= 11 is 0. The van der Waals surface area contributed by atoms with E-state index in [1.807, 2.05) is 44.2 Å². The van der Waals surface area contributed by atoms with Crippen molar-refractivity contribution >= 4 is 27.7 Å². The number of urea groups is 1. The normalized spacial score (nSPS) is 12.5. The summed E-state index contributed by atoms with van der Waals surface area (Å²) < 4.78 is 27.6. The number of benzene rings is 2. The molecule has 0 bridgehead atoms. The summed E-state index contributed by atoms with van der Waals surface area (Å²) in [6, 6.07) is 13.7. The summed E-state index contributed by atoms with van der Waals surface area (Å²) in [7, 11) is -4.03. The lowest BCUT2D eigenvalue weighted by Crippen LogP contribution is -2.46. The standard InChI is InChI=1S/C24H34N4O5S/c1-18(2)17-28(34(32,33)21-13-11-20(25)12-14-21)22(23(29)30)10-6-7-15-26-24(31)27-16-19-8-4-3-5-9-19/h3-5,8-9,11-14,18,22H,6-7,10,15-17,25H2,1-2H3,(H,29,30)(H2,26,27,31)/t22-/m0/s1. The Morgan fingerprint density at radius 3 is 2.24 bits per heavy atom. The van der Waals surface area contributed by atoms with Crippen molar-refractivity contribution in [2.24, 2.45) is 5.92 Å². The van der Waals surface area contributed by atoms with Crippen LogP contribution in [0.15, 0.2) is 59.5 Å². The maximum Gasteiger partial charge on any atom is 0.322 e. The summed E-state index contributed by atoms with van der Waals surface area (Å²) in [6.45, 7) is 4.50. The molecule has 34 heavy (non-hydrogen) atoms. The van der Waals surface area contributed by atoms with Crippen LogP contribution < -0.4 is 16.4 Å². The average Bonchev–Trinajstić information content (AvgIpc) is 2.79. The first-order chi connectivity index (χ1) is 16.1. The zero-order valence-corrected chi connectivity index (χ0v) is 20.4. The zero-order chi connectivity index (χ0) is 25.1. The predicted octanol–water partition coefficient (Wildman–Crippen LogP) is 3.04. The van der Waals surface area contributed by atoms with Gasteiger partial charge in [-0.25, -0.2) is 13.2 Å². The van der Waals surface area contributed by atoms with E-state index in [0.717, 1.165) is 9.87 Å². The number of carboxylic acid groups (broad SMARTS) is 1. The third-order valence-electron chi connectivity index (χ3n) is 5.15. The molecule has 0 fully saturated rings. The third kappa shape index (κ3) is 8.35. The summed E-state index contributed by atoms with van der Waals surface area (Å²) in [5.74, 6) is -1.27. The molecule has 0 aromatic heterocycles. The minimum atomic E-state index is -4.03. The molecule has 0 aliphatic rings. The van der Waals surface area contributed by atoms with Gasteiger partial charge in [0, 0.05) is 25.3 Å². The number of carbonyl (C=O) groups excluding carboxylic acids is 1. The first kappa shape index (κ1) is 27.1. The highest BCUT2D eigenvalue weighted by atomic mass is 32.2. The molecule has 9 nitrogen and oxygen atoms in total. The number of amides is 2. The highest BCUT2D eigenvalue weighted by Crippen LogP contribution is 2.23. The van der Waals surface area contributed by atoms with Gasteiger partial charge in [0.2, 0.25) is 10.0 Å². The van der Waals surface area contributed by atoms with Crippen molar-refractivity contribution < 1.29 is 23.1 Å². The second kappa shape index (κ2) is 13.0. The molecular formula is C24H34N4O5S. The maximum absolute atomic E-state index is 13.2. The van der Waals surface area contributed by atoms with E-state index in [1.165, 1.54) is 24.3 Å². The Bertz CT molecular complexity index is 1030. The van der Waals surface area contributed by atoms with Gasteiger partial charge in [-0.2, -0.15) is 4.31 Å². The molecule has 0 spiro atoms. The van der Waals surface area contributed by atoms with Crippen LogP contribution in [0.4, 0.5) is 10.5 Å². The van der Waals surface area contributed by atoms with Crippen LogP contribution in [-0.4, -0.2) is 49.0 Å². The number of anilines is 1. The molecule has 2 amide bonds. The highest BCUT2D eigenvalue weighted by Gasteiger charge is 2.35. The number of hydrogen-bond donors (Lipinski definition) is 4. The summed E-state index contributed by atoms with van der Waals surface area (Å²) in [5.41, 5.74) is 7.06. The second-order valence-corrected chi connectivity index (χ2v) is 10.4. The van der Waals surface area contributed by atoms with Crippen LogP contribution in [0, 0.1) is 5.92 Å². The Morgan fingerprint density at radius 2 is 1.65 bits per heavy atom. The monoisotopic (exact) mass is 490 g/mol. The molecule has 2 rings (SSSR count). The molecule has 0 aliphatic heterocycles. The van der Waals surface area contributed by atoms with Gasteiger partial charge in [-0.15, -0.1) is 0 Å². The minimum Gasteiger partial charge on any atom is -0.480 e. The Hall–Kier alpha value is -3.11. The van der Waals surface area contributed by atoms with Crippen LogP contribution >= 0.6 is 0 Å². The van der Waals surface area contributed by atoms with E-state index in [2.05, 4.69) is 10.6 Å². The predicted molar refractivity (Wildman–Crippen MR) is 132 cm³/mol. The van der Waals surface area contributed by atoms with Gasteiger partial charge >= 0.3 is 12.0 Å². The molecule has 0 aliphatic carbocycles. The van der Waals surface area contributed by atoms with E-state index >= 15 is 0 Å². The Kier molecular flexibility index (Phi) is 10.3. The number of nitrogen functional groups attached to an aromatic ring is 1. The minimum absolute atomic E-state index is 0.00496. The van der Waals surface area contributed by atoms with E-state index in [1.54, 1.807) is 0 Å². The number of nitrogens with one attached hydrogen (secondary N) is 2. The zero-order valence-electron chi connectivity index (χ0n) is 19.6. The molecule has 186 valence electrons. The second-order valence-electron chi connectivity index (χ2n) is 8.48. The maximum atomic E-state index is 13.2. The fraction of sp³-hybridized carbons (Fsp3) is 0.417. The molecule has 0 saturated heterocycles. The van der Waals surface area contributed by atoms with Gasteiger partial charge in [-0.05, 0) is 55.0 Å². The molecule has 10 heteroatoms. The van der Waals surface area contributed by atoms with Gasteiger partial charge in [0.25, 0.3) is 0 Å². The molecular weight excluding hydrogens is 456 g/mol. The van der Waals surface area contributed by atoms with Crippen molar-refractivity contribution in [3.63, 3.8) is 0 Å². The van der Waals surface area contributed by atoms with Gasteiger partial charge in [0.1, 0.15) is 6.04 Å². The first-order valence-electron chi connectivity index (χ1n) is 11.3. The van der Waals surface area contributed by atoms with Crippen LogP contribution in [0.1, 0.15) is 38.7 Å². The molecule has 0 unspecified atom stereocenters. The van der Waals surface area contributed by atoms with Crippen LogP contribution in [-0.2, 0) is 21.4 Å². The van der Waals surface area contributed by atoms with Crippen LogP contribution in [0.25, 0.3) is 0 Å². The number of nitrogens with zero attached hydrogens (tertiary/aromatic N) is 1. The van der Waals surface area contributed by atoms with E-state index < -0.39 is 22.0 Å². The Labute approximate surface area is 201 Å². The largest absolute Gasteiger partial charge is 0.480 e. The van der Waals surface area contributed by atoms with Crippen molar-refractivity contribution in [3.8, 4) is 0 Å². The van der Waals surface area contributed by atoms with Crippen molar-refractivity contribution in [3.05, 3.63) is 60.2 Å². The number of carbonyl (C=O) groups is 2. The molecule has 2 aromatic carbocycles. The molecule has 0 radical (unpaired) electrons. The summed E-state index contributed by atoms with van der Waals surface area (Å²) in [4.78, 5) is 24.0. The van der Waals surface area contributed by atoms with Gasteiger partial charge in [-0.1, -0.05) is 44.2 Å². The van der Waals surface area contributed by atoms with E-state index in [9.17, 15) is 23.1 Å². The highest BCUT2D eigenvalue weighted by molar-refractivity contribution is 7.89. The molecule has 2 aromatic rings. The van der Waals surface area contributed by atoms with Crippen molar-refractivity contribution in [2.75, 3.05) is 18.8 Å². The number of carboxylic acids is 1. The first-order valence-corrected chi connectivity index (χ1v) is 12.7. The van der Waals surface area contributed by atoms with Gasteiger partial charge in [-0.3, -0.25) is 4.79 Å². The Balaban J connectivity index is 1.93. The number of sulfonamides is 1. The average molecular weight is 491 g/mol. The van der Waals surface area contributed by atoms with E-state index in [4.69, 9.17) is 5.73 Å². The topological polar surface area (TPSA) is 142 Å². The summed E-state index contributed by atoms with van der Waals surface area (Å²) in [6.07, 6.45) is 1.07. The van der Waals surface area contributed by atoms with Crippen LogP contribution in [0.2, 0.25) is 0 Å². The van der Waals surface area contributed by atoms with Crippen LogP contribution in [0.5, 0.6) is 0 Å². The van der Waals surface area contributed by atoms with Crippen LogP contribution in [0.3, 0.4) is 0 Å². The van der Waals surface area contributed by atoms with Crippen molar-refractivity contribution in [2.45, 2.75) is 50.6 Å². The molecule has 5 N–H and O–H groups in total. The summed E-state index contributed by atoms with van der Waals surface area (Å²) in [5, 5.41) is 15.3. The smallest absolute Gasteiger partial charge is 0.322 e. The van der Waals surface area contributed by atoms with Crippen molar-refractivity contribution in [1.29, 1.82) is 0 Å². The van der Waals surface area contributed by atoms with Gasteiger partial charge < -0.3 is 21.5 Å². The quantitative estimate of drug-likeness (QED) is 0.251. The number of aliphatic carboxylic acids is 1. The van der Waals surface area contributed by atoms with Gasteiger partial charge in [0.15, 0.2) is 0 Å². The van der Waals surface area contributed by atoms with E-state index in [-0.39, 0.29) is 29.8 Å². The lowest BCUT2D eigenvalue weighted by atomic mass is 10.1. The fourth-order valence-corrected chi connectivity index (χ4v) is 5.20. The number of nitrogens with two attached hydrogens (primary N) is 1.